The number of rotatable bonds is 6. The van der Waals surface area contributed by atoms with Crippen molar-refractivity contribution in [3.63, 3.8) is 0 Å². The van der Waals surface area contributed by atoms with E-state index in [0.29, 0.717) is 12.1 Å². The highest BCUT2D eigenvalue weighted by atomic mass is 16.4. The van der Waals surface area contributed by atoms with Gasteiger partial charge in [-0.1, -0.05) is 30.3 Å². The summed E-state index contributed by atoms with van der Waals surface area (Å²) in [7, 11) is 0. The number of carbonyl (C=O) groups is 2. The summed E-state index contributed by atoms with van der Waals surface area (Å²) in [4.78, 5) is 26.0. The predicted octanol–water partition coefficient (Wildman–Crippen LogP) is 2.53. The number of hydrogen-bond donors (Lipinski definition) is 2. The van der Waals surface area contributed by atoms with Crippen LogP contribution < -0.4 is 0 Å². The smallest absolute Gasteiger partial charge is 0.307 e. The molecule has 0 aliphatic rings. The molecular weight excluding hydrogens is 242 g/mol. The Bertz CT molecular complexity index is 546. The van der Waals surface area contributed by atoms with Crippen LogP contribution in [0.3, 0.4) is 0 Å². The standard InChI is InChI=1S/C15H15NO3/c17-14(13-7-4-8-16-13)10-12(15(18)19)9-11-5-2-1-3-6-11/h1-8,12,16H,9-10H2,(H,18,19)/t12-/m0/s1. The van der Waals surface area contributed by atoms with Gasteiger partial charge in [0.25, 0.3) is 0 Å². The van der Waals surface area contributed by atoms with Crippen LogP contribution in [0, 0.1) is 5.92 Å². The molecule has 0 bridgehead atoms. The number of Topliss-reactive ketones (excluding diaryl/α,β-unsaturated/α-hetero) is 1. The second-order valence-electron chi connectivity index (χ2n) is 4.44. The van der Waals surface area contributed by atoms with Crippen molar-refractivity contribution in [2.75, 3.05) is 0 Å². The molecule has 0 unspecified atom stereocenters. The van der Waals surface area contributed by atoms with E-state index >= 15 is 0 Å². The molecule has 1 heterocycles. The summed E-state index contributed by atoms with van der Waals surface area (Å²) >= 11 is 0. The summed E-state index contributed by atoms with van der Waals surface area (Å²) in [6.45, 7) is 0. The minimum atomic E-state index is -0.941. The number of aromatic nitrogens is 1. The van der Waals surface area contributed by atoms with E-state index < -0.39 is 11.9 Å². The number of hydrogen-bond acceptors (Lipinski definition) is 2. The Morgan fingerprint density at radius 2 is 1.84 bits per heavy atom. The number of ketones is 1. The maximum Gasteiger partial charge on any atom is 0.307 e. The first kappa shape index (κ1) is 13.1. The van der Waals surface area contributed by atoms with E-state index in [1.54, 1.807) is 18.3 Å². The van der Waals surface area contributed by atoms with Crippen molar-refractivity contribution >= 4 is 11.8 Å². The van der Waals surface area contributed by atoms with Gasteiger partial charge < -0.3 is 10.1 Å². The maximum absolute atomic E-state index is 11.9. The largest absolute Gasteiger partial charge is 0.481 e. The van der Waals surface area contributed by atoms with Gasteiger partial charge in [-0.15, -0.1) is 0 Å². The zero-order valence-electron chi connectivity index (χ0n) is 10.4. The molecule has 98 valence electrons. The lowest BCUT2D eigenvalue weighted by Gasteiger charge is -2.11. The van der Waals surface area contributed by atoms with Crippen LogP contribution in [0.5, 0.6) is 0 Å². The van der Waals surface area contributed by atoms with Gasteiger partial charge >= 0.3 is 5.97 Å². The number of carboxylic acid groups (broad SMARTS) is 1. The van der Waals surface area contributed by atoms with E-state index in [0.717, 1.165) is 5.56 Å². The minimum absolute atomic E-state index is 0.00470. The van der Waals surface area contributed by atoms with E-state index in [1.165, 1.54) is 0 Å². The molecule has 1 atom stereocenters. The fourth-order valence-corrected chi connectivity index (χ4v) is 1.98. The summed E-state index contributed by atoms with van der Waals surface area (Å²) in [6, 6.07) is 12.7. The van der Waals surface area contributed by atoms with E-state index in [-0.39, 0.29) is 12.2 Å². The van der Waals surface area contributed by atoms with Crippen LogP contribution in [-0.4, -0.2) is 21.8 Å². The number of carbonyl (C=O) groups excluding carboxylic acids is 1. The van der Waals surface area contributed by atoms with Crippen molar-refractivity contribution in [3.05, 3.63) is 59.9 Å². The Morgan fingerprint density at radius 1 is 1.11 bits per heavy atom. The number of benzene rings is 1. The summed E-state index contributed by atoms with van der Waals surface area (Å²) in [5.74, 6) is -1.81. The first-order valence-electron chi connectivity index (χ1n) is 6.10. The molecule has 0 radical (unpaired) electrons. The topological polar surface area (TPSA) is 70.2 Å². The molecule has 0 spiro atoms. The third-order valence-electron chi connectivity index (χ3n) is 3.00. The zero-order valence-corrected chi connectivity index (χ0v) is 10.4. The van der Waals surface area contributed by atoms with Crippen molar-refractivity contribution in [1.82, 2.24) is 4.98 Å². The van der Waals surface area contributed by atoms with Crippen molar-refractivity contribution in [2.45, 2.75) is 12.8 Å². The molecule has 4 heteroatoms. The second-order valence-corrected chi connectivity index (χ2v) is 4.44. The van der Waals surface area contributed by atoms with E-state index in [1.807, 2.05) is 30.3 Å². The summed E-state index contributed by atoms with van der Waals surface area (Å²) in [6.07, 6.45) is 2.02. The molecular formula is C15H15NO3. The van der Waals surface area contributed by atoms with Gasteiger partial charge in [0.2, 0.25) is 0 Å². The van der Waals surface area contributed by atoms with Crippen LogP contribution in [0.2, 0.25) is 0 Å². The highest BCUT2D eigenvalue weighted by Crippen LogP contribution is 2.15. The van der Waals surface area contributed by atoms with Crippen LogP contribution in [0.4, 0.5) is 0 Å². The maximum atomic E-state index is 11.9. The van der Waals surface area contributed by atoms with Crippen LogP contribution in [0.25, 0.3) is 0 Å². The highest BCUT2D eigenvalue weighted by Gasteiger charge is 2.22. The Kier molecular flexibility index (Phi) is 4.13. The van der Waals surface area contributed by atoms with Crippen LogP contribution >= 0.6 is 0 Å². The van der Waals surface area contributed by atoms with Crippen LogP contribution in [0.15, 0.2) is 48.7 Å². The Labute approximate surface area is 111 Å². The number of nitrogens with one attached hydrogen (secondary N) is 1. The number of aromatic amines is 1. The molecule has 2 rings (SSSR count). The second kappa shape index (κ2) is 6.00. The van der Waals surface area contributed by atoms with Crippen molar-refractivity contribution in [3.8, 4) is 0 Å². The van der Waals surface area contributed by atoms with E-state index in [4.69, 9.17) is 0 Å². The molecule has 2 N–H and O–H groups in total. The quantitative estimate of drug-likeness (QED) is 0.781. The predicted molar refractivity (Wildman–Crippen MR) is 71.0 cm³/mol. The molecule has 19 heavy (non-hydrogen) atoms. The molecule has 1 aromatic carbocycles. The van der Waals surface area contributed by atoms with Crippen molar-refractivity contribution in [1.29, 1.82) is 0 Å². The lowest BCUT2D eigenvalue weighted by atomic mass is 9.93. The normalized spacial score (nSPS) is 12.0. The van der Waals surface area contributed by atoms with Gasteiger partial charge in [0.05, 0.1) is 11.6 Å². The molecule has 0 saturated heterocycles. The SMILES string of the molecule is O=C(C[C@H](Cc1ccccc1)C(=O)O)c1ccc[nH]1. The zero-order chi connectivity index (χ0) is 13.7. The van der Waals surface area contributed by atoms with E-state index in [9.17, 15) is 14.7 Å². The summed E-state index contributed by atoms with van der Waals surface area (Å²) in [5, 5.41) is 9.22. The lowest BCUT2D eigenvalue weighted by Crippen LogP contribution is -2.20. The third kappa shape index (κ3) is 3.55. The number of aliphatic carboxylic acids is 1. The monoisotopic (exact) mass is 257 g/mol. The van der Waals surface area contributed by atoms with Gasteiger partial charge in [-0.2, -0.15) is 0 Å². The molecule has 1 aromatic heterocycles. The van der Waals surface area contributed by atoms with Crippen LogP contribution in [0.1, 0.15) is 22.5 Å². The first-order valence-corrected chi connectivity index (χ1v) is 6.10. The Hall–Kier alpha value is -2.36. The summed E-state index contributed by atoms with van der Waals surface area (Å²) in [5.41, 5.74) is 1.38. The average molecular weight is 257 g/mol. The fraction of sp³-hybridized carbons (Fsp3) is 0.200. The Morgan fingerprint density at radius 3 is 2.42 bits per heavy atom. The first-order chi connectivity index (χ1) is 9.16. The molecule has 0 amide bonds. The molecule has 2 aromatic rings. The van der Waals surface area contributed by atoms with Crippen molar-refractivity contribution in [2.24, 2.45) is 5.92 Å². The molecule has 0 aliphatic heterocycles. The molecule has 4 nitrogen and oxygen atoms in total. The van der Waals surface area contributed by atoms with Gasteiger partial charge in [-0.05, 0) is 24.1 Å². The average Bonchev–Trinajstić information content (AvgIpc) is 2.93. The molecule has 0 saturated carbocycles. The van der Waals surface area contributed by atoms with E-state index in [2.05, 4.69) is 4.98 Å². The molecule has 0 fully saturated rings. The highest BCUT2D eigenvalue weighted by molar-refractivity contribution is 5.96. The Balaban J connectivity index is 2.05. The summed E-state index contributed by atoms with van der Waals surface area (Å²) < 4.78 is 0. The molecule has 0 aliphatic carbocycles. The van der Waals surface area contributed by atoms with Crippen molar-refractivity contribution < 1.29 is 14.7 Å². The third-order valence-corrected chi connectivity index (χ3v) is 3.00. The van der Waals surface area contributed by atoms with Gasteiger partial charge in [-0.3, -0.25) is 9.59 Å². The van der Waals surface area contributed by atoms with Gasteiger partial charge in [-0.25, -0.2) is 0 Å². The number of carboxylic acids is 1. The lowest BCUT2D eigenvalue weighted by molar-refractivity contribution is -0.141. The number of H-pyrrole nitrogens is 1. The fourth-order valence-electron chi connectivity index (χ4n) is 1.98. The van der Waals surface area contributed by atoms with Gasteiger partial charge in [0.15, 0.2) is 5.78 Å². The van der Waals surface area contributed by atoms with Gasteiger partial charge in [0.1, 0.15) is 0 Å². The van der Waals surface area contributed by atoms with Crippen LogP contribution in [-0.2, 0) is 11.2 Å². The minimum Gasteiger partial charge on any atom is -0.481 e. The van der Waals surface area contributed by atoms with Gasteiger partial charge in [0, 0.05) is 12.6 Å².